The summed E-state index contributed by atoms with van der Waals surface area (Å²) < 4.78 is 1.74. The highest BCUT2D eigenvalue weighted by molar-refractivity contribution is 6.30. The molecule has 2 rings (SSSR count). The number of nitrogens with zero attached hydrogens (tertiary/aromatic N) is 3. The largest absolute Gasteiger partial charge is 0.390 e. The van der Waals surface area contributed by atoms with Crippen molar-refractivity contribution < 1.29 is 5.11 Å². The van der Waals surface area contributed by atoms with Crippen molar-refractivity contribution in [3.05, 3.63) is 53.3 Å². The highest BCUT2D eigenvalue weighted by Gasteiger charge is 2.09. The number of hydrogen-bond acceptors (Lipinski definition) is 3. The molecule has 0 saturated carbocycles. The van der Waals surface area contributed by atoms with Gasteiger partial charge in [0.1, 0.15) is 0 Å². The highest BCUT2D eigenvalue weighted by Crippen LogP contribution is 2.11. The topological polar surface area (TPSA) is 41.3 Å². The molecule has 1 aromatic heterocycles. The summed E-state index contributed by atoms with van der Waals surface area (Å²) in [5, 5.41) is 14.8. The number of halogens is 1. The molecule has 4 nitrogen and oxygen atoms in total. The molecule has 0 amide bonds. The molecule has 0 bridgehead atoms. The average Bonchev–Trinajstić information content (AvgIpc) is 2.84. The minimum atomic E-state index is -0.433. The number of aliphatic hydroxyl groups excluding tert-OH is 1. The minimum Gasteiger partial charge on any atom is -0.390 e. The Morgan fingerprint density at radius 3 is 2.74 bits per heavy atom. The van der Waals surface area contributed by atoms with Crippen molar-refractivity contribution in [3.63, 3.8) is 0 Å². The molecule has 0 saturated heterocycles. The number of rotatable bonds is 6. The Morgan fingerprint density at radius 2 is 2.11 bits per heavy atom. The van der Waals surface area contributed by atoms with Crippen molar-refractivity contribution >= 4 is 11.6 Å². The van der Waals surface area contributed by atoms with Crippen LogP contribution in [0.1, 0.15) is 5.56 Å². The summed E-state index contributed by atoms with van der Waals surface area (Å²) in [6, 6.07) is 9.61. The zero-order valence-electron chi connectivity index (χ0n) is 10.9. The third kappa shape index (κ3) is 4.67. The van der Waals surface area contributed by atoms with E-state index in [1.54, 1.807) is 10.9 Å². The Hall–Kier alpha value is -1.36. The third-order valence-corrected chi connectivity index (χ3v) is 3.10. The van der Waals surface area contributed by atoms with Gasteiger partial charge in [0, 0.05) is 30.5 Å². The van der Waals surface area contributed by atoms with Crippen molar-refractivity contribution in [3.8, 4) is 0 Å². The van der Waals surface area contributed by atoms with Crippen LogP contribution in [0.3, 0.4) is 0 Å². The molecule has 0 aliphatic heterocycles. The summed E-state index contributed by atoms with van der Waals surface area (Å²) in [4.78, 5) is 2.08. The van der Waals surface area contributed by atoms with Gasteiger partial charge in [-0.25, -0.2) is 0 Å². The van der Waals surface area contributed by atoms with Crippen molar-refractivity contribution in [2.75, 3.05) is 13.6 Å². The number of benzene rings is 1. The maximum Gasteiger partial charge on any atom is 0.0862 e. The fraction of sp³-hybridized carbons (Fsp3) is 0.357. The smallest absolute Gasteiger partial charge is 0.0862 e. The van der Waals surface area contributed by atoms with Gasteiger partial charge in [-0.3, -0.25) is 9.58 Å². The van der Waals surface area contributed by atoms with Crippen LogP contribution in [-0.4, -0.2) is 39.5 Å². The Bertz CT molecular complexity index is 484. The molecular weight excluding hydrogens is 262 g/mol. The molecular formula is C14H18ClN3O. The summed E-state index contributed by atoms with van der Waals surface area (Å²) in [5.74, 6) is 0. The van der Waals surface area contributed by atoms with Crippen molar-refractivity contribution in [1.82, 2.24) is 14.7 Å². The molecule has 1 atom stereocenters. The molecule has 1 heterocycles. The predicted molar refractivity (Wildman–Crippen MR) is 76.0 cm³/mol. The fourth-order valence-electron chi connectivity index (χ4n) is 2.01. The minimum absolute atomic E-state index is 0.433. The van der Waals surface area contributed by atoms with Crippen LogP contribution in [0.2, 0.25) is 5.02 Å². The van der Waals surface area contributed by atoms with Crippen LogP contribution in [0.15, 0.2) is 42.7 Å². The summed E-state index contributed by atoms with van der Waals surface area (Å²) in [5.41, 5.74) is 1.18. The standard InChI is InChI=1S/C14H18ClN3O/c1-17(9-12-3-5-13(15)6-4-12)10-14(19)11-18-8-2-7-16-18/h2-8,14,19H,9-11H2,1H3. The predicted octanol–water partition coefficient (Wildman–Crippen LogP) is 2.03. The van der Waals surface area contributed by atoms with Gasteiger partial charge in [0.2, 0.25) is 0 Å². The van der Waals surface area contributed by atoms with Gasteiger partial charge in [-0.15, -0.1) is 0 Å². The lowest BCUT2D eigenvalue weighted by molar-refractivity contribution is 0.104. The summed E-state index contributed by atoms with van der Waals surface area (Å²) in [6.45, 7) is 1.90. The number of aliphatic hydroxyl groups is 1. The normalized spacial score (nSPS) is 12.8. The molecule has 0 aliphatic rings. The van der Waals surface area contributed by atoms with Gasteiger partial charge < -0.3 is 5.11 Å². The molecule has 5 heteroatoms. The molecule has 102 valence electrons. The van der Waals surface area contributed by atoms with E-state index in [0.29, 0.717) is 13.1 Å². The molecule has 0 radical (unpaired) electrons. The average molecular weight is 280 g/mol. The first kappa shape index (κ1) is 14.1. The van der Waals surface area contributed by atoms with E-state index >= 15 is 0 Å². The van der Waals surface area contributed by atoms with Gasteiger partial charge >= 0.3 is 0 Å². The SMILES string of the molecule is CN(Cc1ccc(Cl)cc1)CC(O)Cn1cccn1. The van der Waals surface area contributed by atoms with Crippen LogP contribution in [-0.2, 0) is 13.1 Å². The lowest BCUT2D eigenvalue weighted by atomic mass is 10.2. The zero-order valence-corrected chi connectivity index (χ0v) is 11.7. The van der Waals surface area contributed by atoms with Gasteiger partial charge in [0.25, 0.3) is 0 Å². The van der Waals surface area contributed by atoms with Crippen LogP contribution < -0.4 is 0 Å². The van der Waals surface area contributed by atoms with E-state index in [-0.39, 0.29) is 0 Å². The van der Waals surface area contributed by atoms with E-state index in [9.17, 15) is 5.11 Å². The monoisotopic (exact) mass is 279 g/mol. The van der Waals surface area contributed by atoms with E-state index in [1.165, 1.54) is 5.56 Å². The van der Waals surface area contributed by atoms with Gasteiger partial charge in [-0.1, -0.05) is 23.7 Å². The Balaban J connectivity index is 1.80. The maximum absolute atomic E-state index is 9.99. The first-order valence-corrected chi connectivity index (χ1v) is 6.60. The molecule has 1 unspecified atom stereocenters. The van der Waals surface area contributed by atoms with Crippen LogP contribution in [0, 0.1) is 0 Å². The molecule has 0 aliphatic carbocycles. The molecule has 0 spiro atoms. The lowest BCUT2D eigenvalue weighted by Gasteiger charge is -2.20. The molecule has 0 fully saturated rings. The lowest BCUT2D eigenvalue weighted by Crippen LogP contribution is -2.31. The van der Waals surface area contributed by atoms with Crippen molar-refractivity contribution in [2.24, 2.45) is 0 Å². The molecule has 2 aromatic rings. The second-order valence-corrected chi connectivity index (χ2v) is 5.14. The number of likely N-dealkylation sites (N-methyl/N-ethyl adjacent to an activating group) is 1. The van der Waals surface area contributed by atoms with E-state index in [4.69, 9.17) is 11.6 Å². The number of aromatic nitrogens is 2. The van der Waals surface area contributed by atoms with Crippen LogP contribution >= 0.6 is 11.6 Å². The Kier molecular flexibility index (Phi) is 4.96. The van der Waals surface area contributed by atoms with Crippen LogP contribution in [0.4, 0.5) is 0 Å². The van der Waals surface area contributed by atoms with Crippen LogP contribution in [0.25, 0.3) is 0 Å². The fourth-order valence-corrected chi connectivity index (χ4v) is 2.13. The highest BCUT2D eigenvalue weighted by atomic mass is 35.5. The molecule has 19 heavy (non-hydrogen) atoms. The Labute approximate surface area is 118 Å². The maximum atomic E-state index is 9.99. The van der Waals surface area contributed by atoms with Crippen LogP contribution in [0.5, 0.6) is 0 Å². The van der Waals surface area contributed by atoms with Gasteiger partial charge in [-0.2, -0.15) is 5.10 Å². The first-order chi connectivity index (χ1) is 9.13. The van der Waals surface area contributed by atoms with Gasteiger partial charge in [0.05, 0.1) is 12.6 Å². The van der Waals surface area contributed by atoms with Crippen molar-refractivity contribution in [1.29, 1.82) is 0 Å². The second-order valence-electron chi connectivity index (χ2n) is 4.71. The van der Waals surface area contributed by atoms with Gasteiger partial charge in [0.15, 0.2) is 0 Å². The number of hydrogen-bond donors (Lipinski definition) is 1. The Morgan fingerprint density at radius 1 is 1.37 bits per heavy atom. The summed E-state index contributed by atoms with van der Waals surface area (Å²) >= 11 is 5.85. The first-order valence-electron chi connectivity index (χ1n) is 6.22. The van der Waals surface area contributed by atoms with Crippen molar-refractivity contribution in [2.45, 2.75) is 19.2 Å². The molecule has 1 aromatic carbocycles. The van der Waals surface area contributed by atoms with E-state index in [2.05, 4.69) is 10.00 Å². The summed E-state index contributed by atoms with van der Waals surface area (Å²) in [6.07, 6.45) is 3.13. The zero-order chi connectivity index (χ0) is 13.7. The second kappa shape index (κ2) is 6.70. The quantitative estimate of drug-likeness (QED) is 0.880. The molecule has 1 N–H and O–H groups in total. The van der Waals surface area contributed by atoms with E-state index in [1.807, 2.05) is 43.6 Å². The van der Waals surface area contributed by atoms with E-state index in [0.717, 1.165) is 11.6 Å². The third-order valence-electron chi connectivity index (χ3n) is 2.85. The summed E-state index contributed by atoms with van der Waals surface area (Å²) in [7, 11) is 1.99. The van der Waals surface area contributed by atoms with Gasteiger partial charge in [-0.05, 0) is 30.8 Å². The van der Waals surface area contributed by atoms with E-state index < -0.39 is 6.10 Å².